The first kappa shape index (κ1) is 10.3. The fourth-order valence-electron chi connectivity index (χ4n) is 3.20. The van der Waals surface area contributed by atoms with Crippen LogP contribution in [0.4, 0.5) is 0 Å². The Kier molecular flexibility index (Phi) is 3.82. The smallest absolute Gasteiger partial charge is 0.00351 e. The van der Waals surface area contributed by atoms with E-state index in [9.17, 15) is 0 Å². The molecule has 72 valence electrons. The first-order chi connectivity index (χ1) is 5.79. The van der Waals surface area contributed by atoms with Crippen LogP contribution >= 0.6 is 0 Å². The van der Waals surface area contributed by atoms with Crippen molar-refractivity contribution in [1.29, 1.82) is 0 Å². The Bertz CT molecular complexity index is 127. The lowest BCUT2D eigenvalue weighted by molar-refractivity contribution is 0.107. The van der Waals surface area contributed by atoms with Crippen molar-refractivity contribution < 1.29 is 0 Å². The predicted octanol–water partition coefficient (Wildman–Crippen LogP) is 2.77. The summed E-state index contributed by atoms with van der Waals surface area (Å²) in [5, 5.41) is 0. The standard InChI is InChI=1S/C11H24Si/c1-3-10-7-5-6-8-11(10,4-2)9-12/h10H,3-9H2,1-2,12H3. The second-order valence-electron chi connectivity index (χ2n) is 4.42. The fraction of sp³-hybridized carbons (Fsp3) is 1.00. The quantitative estimate of drug-likeness (QED) is 0.592. The number of rotatable bonds is 3. The van der Waals surface area contributed by atoms with Gasteiger partial charge >= 0.3 is 0 Å². The lowest BCUT2D eigenvalue weighted by Gasteiger charge is -2.43. The van der Waals surface area contributed by atoms with Gasteiger partial charge in [0.2, 0.25) is 0 Å². The van der Waals surface area contributed by atoms with Crippen LogP contribution in [0.2, 0.25) is 6.04 Å². The van der Waals surface area contributed by atoms with Gasteiger partial charge in [0.15, 0.2) is 0 Å². The maximum atomic E-state index is 2.41. The largest absolute Gasteiger partial charge is 0.0651 e. The average molecular weight is 184 g/mol. The zero-order valence-corrected chi connectivity index (χ0v) is 11.0. The molecule has 0 nitrogen and oxygen atoms in total. The van der Waals surface area contributed by atoms with Crippen molar-refractivity contribution in [3.63, 3.8) is 0 Å². The van der Waals surface area contributed by atoms with Crippen LogP contribution in [0.15, 0.2) is 0 Å². The molecule has 0 heterocycles. The predicted molar refractivity (Wildman–Crippen MR) is 59.7 cm³/mol. The van der Waals surface area contributed by atoms with E-state index >= 15 is 0 Å². The molecule has 0 aromatic rings. The highest BCUT2D eigenvalue weighted by Gasteiger charge is 2.35. The van der Waals surface area contributed by atoms with Crippen LogP contribution in [-0.2, 0) is 0 Å². The molecule has 0 radical (unpaired) electrons. The van der Waals surface area contributed by atoms with Crippen molar-refractivity contribution in [2.45, 2.75) is 58.4 Å². The lowest BCUT2D eigenvalue weighted by Crippen LogP contribution is -2.32. The minimum absolute atomic E-state index is 0.791. The Labute approximate surface area is 80.6 Å². The lowest BCUT2D eigenvalue weighted by atomic mass is 9.65. The maximum absolute atomic E-state index is 2.41. The van der Waals surface area contributed by atoms with Crippen LogP contribution in [0.5, 0.6) is 0 Å². The van der Waals surface area contributed by atoms with Gasteiger partial charge in [-0.1, -0.05) is 45.6 Å². The Morgan fingerprint density at radius 3 is 2.50 bits per heavy atom. The summed E-state index contributed by atoms with van der Waals surface area (Å²) in [7, 11) is 1.41. The van der Waals surface area contributed by atoms with E-state index in [0.29, 0.717) is 0 Å². The van der Waals surface area contributed by atoms with E-state index in [1.807, 2.05) is 0 Å². The highest BCUT2D eigenvalue weighted by atomic mass is 28.1. The summed E-state index contributed by atoms with van der Waals surface area (Å²) in [6, 6.07) is 1.54. The second-order valence-corrected chi connectivity index (χ2v) is 5.13. The number of hydrogen-bond acceptors (Lipinski definition) is 0. The first-order valence-corrected chi connectivity index (χ1v) is 7.20. The summed E-state index contributed by atoms with van der Waals surface area (Å²) in [5.41, 5.74) is 0.791. The van der Waals surface area contributed by atoms with Gasteiger partial charge in [-0.3, -0.25) is 0 Å². The van der Waals surface area contributed by atoms with Crippen molar-refractivity contribution >= 4 is 10.2 Å². The van der Waals surface area contributed by atoms with Gasteiger partial charge in [-0.15, -0.1) is 0 Å². The highest BCUT2D eigenvalue weighted by molar-refractivity contribution is 6.09. The molecule has 2 atom stereocenters. The number of hydrogen-bond donors (Lipinski definition) is 0. The molecule has 0 aromatic carbocycles. The van der Waals surface area contributed by atoms with Crippen molar-refractivity contribution in [2.75, 3.05) is 0 Å². The van der Waals surface area contributed by atoms with E-state index in [1.54, 1.807) is 6.04 Å². The van der Waals surface area contributed by atoms with E-state index in [2.05, 4.69) is 13.8 Å². The van der Waals surface area contributed by atoms with Crippen LogP contribution in [0.1, 0.15) is 52.4 Å². The van der Waals surface area contributed by atoms with E-state index in [1.165, 1.54) is 48.8 Å². The third kappa shape index (κ3) is 1.76. The molecule has 0 bridgehead atoms. The molecule has 1 saturated carbocycles. The minimum Gasteiger partial charge on any atom is -0.0651 e. The van der Waals surface area contributed by atoms with Gasteiger partial charge in [0.05, 0.1) is 0 Å². The molecule has 0 aromatic heterocycles. The zero-order chi connectivity index (χ0) is 9.03. The van der Waals surface area contributed by atoms with Crippen molar-refractivity contribution in [2.24, 2.45) is 11.3 Å². The average Bonchev–Trinajstić information content (AvgIpc) is 2.17. The summed E-state index contributed by atoms with van der Waals surface area (Å²) >= 11 is 0. The van der Waals surface area contributed by atoms with E-state index < -0.39 is 0 Å². The van der Waals surface area contributed by atoms with Crippen molar-refractivity contribution in [1.82, 2.24) is 0 Å². The molecule has 1 fully saturated rings. The van der Waals surface area contributed by atoms with Gasteiger partial charge in [0.1, 0.15) is 0 Å². The molecule has 2 unspecified atom stereocenters. The van der Waals surface area contributed by atoms with Crippen LogP contribution < -0.4 is 0 Å². The maximum Gasteiger partial charge on any atom is 0.00351 e. The van der Waals surface area contributed by atoms with Crippen molar-refractivity contribution in [3.8, 4) is 0 Å². The molecule has 0 spiro atoms. The van der Waals surface area contributed by atoms with Crippen LogP contribution in [0, 0.1) is 11.3 Å². The zero-order valence-electron chi connectivity index (χ0n) is 9.03. The molecule has 0 N–H and O–H groups in total. The normalized spacial score (nSPS) is 37.0. The first-order valence-electron chi connectivity index (χ1n) is 5.79. The molecule has 1 aliphatic carbocycles. The molecule has 1 aliphatic rings. The third-order valence-electron chi connectivity index (χ3n) is 4.24. The Morgan fingerprint density at radius 1 is 1.33 bits per heavy atom. The topological polar surface area (TPSA) is 0 Å². The van der Waals surface area contributed by atoms with E-state index in [0.717, 1.165) is 11.3 Å². The summed E-state index contributed by atoms with van der Waals surface area (Å²) in [4.78, 5) is 0. The van der Waals surface area contributed by atoms with Crippen LogP contribution in [0.25, 0.3) is 0 Å². The molecular formula is C11H24Si. The summed E-state index contributed by atoms with van der Waals surface area (Å²) in [6.07, 6.45) is 8.93. The van der Waals surface area contributed by atoms with Crippen molar-refractivity contribution in [3.05, 3.63) is 0 Å². The fourth-order valence-corrected chi connectivity index (χ4v) is 4.63. The highest BCUT2D eigenvalue weighted by Crippen LogP contribution is 2.47. The second kappa shape index (κ2) is 4.45. The minimum atomic E-state index is 0.791. The summed E-state index contributed by atoms with van der Waals surface area (Å²) in [5.74, 6) is 1.06. The van der Waals surface area contributed by atoms with Gasteiger partial charge < -0.3 is 0 Å². The molecular weight excluding hydrogens is 160 g/mol. The van der Waals surface area contributed by atoms with Gasteiger partial charge in [-0.25, -0.2) is 0 Å². The van der Waals surface area contributed by atoms with Gasteiger partial charge in [-0.2, -0.15) is 0 Å². The monoisotopic (exact) mass is 184 g/mol. The Balaban J connectivity index is 2.66. The molecule has 0 saturated heterocycles. The van der Waals surface area contributed by atoms with E-state index in [4.69, 9.17) is 0 Å². The third-order valence-corrected chi connectivity index (χ3v) is 5.65. The van der Waals surface area contributed by atoms with E-state index in [-0.39, 0.29) is 0 Å². The summed E-state index contributed by atoms with van der Waals surface area (Å²) in [6.45, 7) is 4.80. The Hall–Kier alpha value is 0.217. The molecule has 1 rings (SSSR count). The molecule has 1 heteroatoms. The molecule has 12 heavy (non-hydrogen) atoms. The molecule has 0 aliphatic heterocycles. The Morgan fingerprint density at radius 2 is 2.08 bits per heavy atom. The van der Waals surface area contributed by atoms with Gasteiger partial charge in [0, 0.05) is 10.2 Å². The summed E-state index contributed by atoms with van der Waals surface area (Å²) < 4.78 is 0. The van der Waals surface area contributed by atoms with Gasteiger partial charge in [0.25, 0.3) is 0 Å². The molecule has 0 amide bonds. The SMILES string of the molecule is CCC1CCCCC1(CC)C[SiH3]. The van der Waals surface area contributed by atoms with Crippen LogP contribution in [-0.4, -0.2) is 10.2 Å². The van der Waals surface area contributed by atoms with Gasteiger partial charge in [-0.05, 0) is 24.2 Å². The van der Waals surface area contributed by atoms with Crippen LogP contribution in [0.3, 0.4) is 0 Å².